The third-order valence-corrected chi connectivity index (χ3v) is 5.97. The van der Waals surface area contributed by atoms with Crippen molar-refractivity contribution in [1.29, 1.82) is 0 Å². The number of carbonyl (C=O) groups is 1. The Morgan fingerprint density at radius 1 is 1.19 bits per heavy atom. The topological polar surface area (TPSA) is 35.5 Å². The van der Waals surface area contributed by atoms with E-state index < -0.39 is 0 Å². The van der Waals surface area contributed by atoms with Crippen molar-refractivity contribution in [3.63, 3.8) is 0 Å². The first kappa shape index (κ1) is 15.3. The lowest BCUT2D eigenvalue weighted by atomic mass is 9.59. The zero-order chi connectivity index (χ0) is 14.9. The van der Waals surface area contributed by atoms with Crippen molar-refractivity contribution in [1.82, 2.24) is 0 Å². The van der Waals surface area contributed by atoms with Crippen molar-refractivity contribution in [3.8, 4) is 0 Å². The molecule has 0 aromatic carbocycles. The van der Waals surface area contributed by atoms with E-state index in [-0.39, 0.29) is 17.5 Å². The smallest absolute Gasteiger partial charge is 0.306 e. The van der Waals surface area contributed by atoms with E-state index in [0.29, 0.717) is 18.4 Å². The van der Waals surface area contributed by atoms with Crippen LogP contribution < -0.4 is 0 Å². The fourth-order valence-corrected chi connectivity index (χ4v) is 4.73. The Kier molecular flexibility index (Phi) is 4.58. The van der Waals surface area contributed by atoms with Crippen LogP contribution in [0.15, 0.2) is 0 Å². The summed E-state index contributed by atoms with van der Waals surface area (Å²) in [5.41, 5.74) is 0.000195. The molecular formula is C18H30O3. The number of ether oxygens (including phenoxy) is 2. The highest BCUT2D eigenvalue weighted by molar-refractivity contribution is 5.69. The van der Waals surface area contributed by atoms with Crippen LogP contribution in [-0.2, 0) is 14.3 Å². The molecule has 0 spiro atoms. The van der Waals surface area contributed by atoms with Crippen molar-refractivity contribution >= 4 is 5.97 Å². The molecule has 3 aliphatic rings. The molecule has 0 bridgehead atoms. The molecule has 3 atom stereocenters. The van der Waals surface area contributed by atoms with E-state index >= 15 is 0 Å². The minimum absolute atomic E-state index is 0.000195. The monoisotopic (exact) mass is 294 g/mol. The summed E-state index contributed by atoms with van der Waals surface area (Å²) >= 11 is 0. The van der Waals surface area contributed by atoms with Crippen LogP contribution in [0.25, 0.3) is 0 Å². The highest BCUT2D eigenvalue weighted by atomic mass is 16.6. The number of esters is 1. The Hall–Kier alpha value is -0.570. The van der Waals surface area contributed by atoms with Crippen molar-refractivity contribution in [2.24, 2.45) is 17.3 Å². The summed E-state index contributed by atoms with van der Waals surface area (Å²) in [6, 6.07) is 0. The zero-order valence-corrected chi connectivity index (χ0v) is 13.6. The van der Waals surface area contributed by atoms with Gasteiger partial charge in [0.2, 0.25) is 0 Å². The van der Waals surface area contributed by atoms with Crippen LogP contribution in [0.3, 0.4) is 0 Å². The Morgan fingerprint density at radius 3 is 2.71 bits per heavy atom. The van der Waals surface area contributed by atoms with Crippen LogP contribution in [0.2, 0.25) is 0 Å². The Morgan fingerprint density at radius 2 is 1.95 bits per heavy atom. The third-order valence-electron chi connectivity index (χ3n) is 5.97. The molecule has 0 N–H and O–H groups in total. The highest BCUT2D eigenvalue weighted by Crippen LogP contribution is 2.53. The quantitative estimate of drug-likeness (QED) is 0.716. The predicted molar refractivity (Wildman–Crippen MR) is 81.9 cm³/mol. The molecule has 0 unspecified atom stereocenters. The third kappa shape index (κ3) is 3.13. The van der Waals surface area contributed by atoms with E-state index in [0.717, 1.165) is 25.4 Å². The van der Waals surface area contributed by atoms with Crippen LogP contribution in [0.5, 0.6) is 0 Å². The Balaban J connectivity index is 1.38. The van der Waals surface area contributed by atoms with Gasteiger partial charge in [0.05, 0.1) is 6.10 Å². The molecule has 0 aromatic heterocycles. The molecular weight excluding hydrogens is 264 g/mol. The number of fused-ring (bicyclic) bond motifs is 1. The normalized spacial score (nSPS) is 35.0. The lowest BCUT2D eigenvalue weighted by Gasteiger charge is -2.53. The molecule has 1 saturated heterocycles. The molecule has 3 heteroatoms. The minimum Gasteiger partial charge on any atom is -0.461 e. The number of hydrogen-bond donors (Lipinski definition) is 0. The van der Waals surface area contributed by atoms with Crippen LogP contribution in [-0.4, -0.2) is 24.8 Å². The highest BCUT2D eigenvalue weighted by Gasteiger charge is 2.61. The van der Waals surface area contributed by atoms with Gasteiger partial charge in [-0.15, -0.1) is 0 Å². The summed E-state index contributed by atoms with van der Waals surface area (Å²) in [6.45, 7) is 5.16. The summed E-state index contributed by atoms with van der Waals surface area (Å²) in [6.07, 6.45) is 11.1. The van der Waals surface area contributed by atoms with Gasteiger partial charge in [0.1, 0.15) is 6.10 Å². The van der Waals surface area contributed by atoms with Crippen LogP contribution in [0.4, 0.5) is 0 Å². The zero-order valence-electron chi connectivity index (χ0n) is 13.6. The minimum atomic E-state index is 0.000195. The summed E-state index contributed by atoms with van der Waals surface area (Å²) in [7, 11) is 0. The van der Waals surface area contributed by atoms with Gasteiger partial charge in [-0.25, -0.2) is 0 Å². The second-order valence-electron chi connectivity index (χ2n) is 7.87. The van der Waals surface area contributed by atoms with Gasteiger partial charge in [-0.1, -0.05) is 46.0 Å². The van der Waals surface area contributed by atoms with E-state index in [4.69, 9.17) is 9.47 Å². The molecule has 1 heterocycles. The summed E-state index contributed by atoms with van der Waals surface area (Å²) in [5.74, 6) is 1.32. The van der Waals surface area contributed by atoms with Crippen LogP contribution in [0, 0.1) is 17.3 Å². The van der Waals surface area contributed by atoms with Gasteiger partial charge in [-0.2, -0.15) is 0 Å². The van der Waals surface area contributed by atoms with Crippen molar-refractivity contribution in [3.05, 3.63) is 0 Å². The van der Waals surface area contributed by atoms with E-state index in [1.54, 1.807) is 0 Å². The largest absolute Gasteiger partial charge is 0.461 e. The second-order valence-corrected chi connectivity index (χ2v) is 7.87. The van der Waals surface area contributed by atoms with Gasteiger partial charge >= 0.3 is 5.97 Å². The Labute approximate surface area is 128 Å². The van der Waals surface area contributed by atoms with E-state index in [9.17, 15) is 4.79 Å². The summed E-state index contributed by atoms with van der Waals surface area (Å²) in [4.78, 5) is 12.1. The number of hydrogen-bond acceptors (Lipinski definition) is 3. The maximum absolute atomic E-state index is 12.1. The predicted octanol–water partition coefficient (Wildman–Crippen LogP) is 4.09. The first-order chi connectivity index (χ1) is 10.1. The molecule has 1 aliphatic heterocycles. The molecule has 2 aliphatic carbocycles. The maximum Gasteiger partial charge on any atom is 0.306 e. The SMILES string of the molecule is CC1(C)[C@@H]2OCC[C@@H]2[C@@H]1OC(=O)CCCC1CCCCC1. The summed E-state index contributed by atoms with van der Waals surface area (Å²) in [5, 5.41) is 0. The van der Waals surface area contributed by atoms with Crippen molar-refractivity contribution in [2.45, 2.75) is 83.8 Å². The first-order valence-electron chi connectivity index (χ1n) is 8.90. The fraction of sp³-hybridized carbons (Fsp3) is 0.944. The molecule has 0 amide bonds. The average Bonchev–Trinajstić information content (AvgIpc) is 2.93. The molecule has 2 saturated carbocycles. The molecule has 0 radical (unpaired) electrons. The standard InChI is InChI=1S/C18H30O3/c1-18(2)16-14(11-12-20-16)17(18)21-15(19)10-6-9-13-7-4-3-5-8-13/h13-14,16-17H,3-12H2,1-2H3/t14-,16+,17-/m0/s1. The van der Waals surface area contributed by atoms with Gasteiger partial charge in [0.25, 0.3) is 0 Å². The van der Waals surface area contributed by atoms with E-state index in [1.165, 1.54) is 38.5 Å². The average molecular weight is 294 g/mol. The first-order valence-corrected chi connectivity index (χ1v) is 8.90. The van der Waals surface area contributed by atoms with Gasteiger partial charge in [-0.3, -0.25) is 4.79 Å². The molecule has 3 nitrogen and oxygen atoms in total. The number of carbonyl (C=O) groups excluding carboxylic acids is 1. The molecule has 3 rings (SSSR count). The molecule has 3 fully saturated rings. The van der Waals surface area contributed by atoms with Crippen molar-refractivity contribution in [2.75, 3.05) is 6.61 Å². The maximum atomic E-state index is 12.1. The molecule has 21 heavy (non-hydrogen) atoms. The fourth-order valence-electron chi connectivity index (χ4n) is 4.73. The van der Waals surface area contributed by atoms with E-state index in [2.05, 4.69) is 13.8 Å². The van der Waals surface area contributed by atoms with Gasteiger partial charge in [0, 0.05) is 24.4 Å². The lowest BCUT2D eigenvalue weighted by Crippen LogP contribution is -2.61. The van der Waals surface area contributed by atoms with Crippen LogP contribution in [0.1, 0.15) is 71.6 Å². The molecule has 120 valence electrons. The van der Waals surface area contributed by atoms with Crippen molar-refractivity contribution < 1.29 is 14.3 Å². The van der Waals surface area contributed by atoms with E-state index in [1.807, 2.05) is 0 Å². The van der Waals surface area contributed by atoms with Gasteiger partial charge < -0.3 is 9.47 Å². The second kappa shape index (κ2) is 6.28. The number of rotatable bonds is 5. The lowest BCUT2D eigenvalue weighted by molar-refractivity contribution is -0.210. The van der Waals surface area contributed by atoms with Gasteiger partial charge in [0.15, 0.2) is 0 Å². The molecule has 0 aromatic rings. The Bertz CT molecular complexity index is 371. The van der Waals surface area contributed by atoms with Crippen LogP contribution >= 0.6 is 0 Å². The van der Waals surface area contributed by atoms with Gasteiger partial charge in [-0.05, 0) is 25.2 Å². The summed E-state index contributed by atoms with van der Waals surface area (Å²) < 4.78 is 11.5.